The van der Waals surface area contributed by atoms with Crippen molar-refractivity contribution in [2.24, 2.45) is 0 Å². The summed E-state index contributed by atoms with van der Waals surface area (Å²) < 4.78 is 22.1. The molecule has 0 atom stereocenters. The Morgan fingerprint density at radius 2 is 0.554 bits per heavy atom. The third-order valence-electron chi connectivity index (χ3n) is 16.8. The minimum Gasteiger partial charge on any atom is -0.497 e. The molecule has 0 spiro atoms. The van der Waals surface area contributed by atoms with E-state index in [9.17, 15) is 0 Å². The first-order valence-corrected chi connectivity index (χ1v) is 30.6. The quantitative estimate of drug-likeness (QED) is 0.117. The number of benzene rings is 8. The minimum atomic E-state index is 0.736. The first-order valence-electron chi connectivity index (χ1n) is 30.6. The number of aromatic amines is 2. The molecule has 8 bridgehead atoms. The smallest absolute Gasteiger partial charge is 0.119 e. The highest BCUT2D eigenvalue weighted by Crippen LogP contribution is 2.41. The number of nitrogens with one attached hydrogen (secondary N) is 2. The lowest BCUT2D eigenvalue weighted by Crippen LogP contribution is -2.09. The third-order valence-corrected chi connectivity index (χ3v) is 16.8. The third kappa shape index (κ3) is 11.9. The molecule has 0 amide bonds. The molecular weight excluding hydrogens is 1130 g/mol. The van der Waals surface area contributed by atoms with Crippen molar-refractivity contribution in [1.82, 2.24) is 19.9 Å². The molecule has 8 aromatic carbocycles. The van der Waals surface area contributed by atoms with Gasteiger partial charge in [-0.05, 0) is 269 Å². The van der Waals surface area contributed by atoms with Gasteiger partial charge in [0.25, 0.3) is 0 Å². The zero-order chi connectivity index (χ0) is 63.6. The number of ether oxygens (including phenoxy) is 4. The Morgan fingerprint density at radius 3 is 0.837 bits per heavy atom. The van der Waals surface area contributed by atoms with Gasteiger partial charge in [0.1, 0.15) is 23.0 Å². The average molecular weight is 1200 g/mol. The van der Waals surface area contributed by atoms with Gasteiger partial charge in [-0.15, -0.1) is 0 Å². The fraction of sp³-hybridized carbons (Fsp3) is 0.122. The first-order chi connectivity index (χ1) is 44.8. The van der Waals surface area contributed by atoms with E-state index >= 15 is 0 Å². The molecule has 13 rings (SSSR count). The summed E-state index contributed by atoms with van der Waals surface area (Å²) in [7, 11) is 6.71. The van der Waals surface area contributed by atoms with Gasteiger partial charge in [-0.2, -0.15) is 0 Å². The summed E-state index contributed by atoms with van der Waals surface area (Å²) in [4.78, 5) is 23.4. The fourth-order valence-corrected chi connectivity index (χ4v) is 12.6. The Balaban J connectivity index is 0.997. The molecule has 10 heteroatoms. The number of aryl methyl sites for hydroxylation is 6. The maximum absolute atomic E-state index is 5.58. The van der Waals surface area contributed by atoms with Gasteiger partial charge in [0.15, 0.2) is 0 Å². The summed E-state index contributed by atoms with van der Waals surface area (Å²) in [6, 6.07) is 66.5. The van der Waals surface area contributed by atoms with Crippen LogP contribution in [0.1, 0.15) is 78.4 Å². The summed E-state index contributed by atoms with van der Waals surface area (Å²) in [5.41, 5.74) is 26.6. The van der Waals surface area contributed by atoms with Gasteiger partial charge in [0.2, 0.25) is 0 Å². The van der Waals surface area contributed by atoms with Crippen LogP contribution in [0.4, 0.5) is 34.1 Å². The SMILES string of the molecule is COc1ccc(N(c2ccc(C#Cc3c4nc(c(-c5c(C)cc(C)cc5C)c5ccc([nH]5)c(C#Cc5ccc(N(c6ccc(OC)cc6)c6ccc(OC)cc6)cc5)c5nc(c(-c6c(C)cc(C)cc6C)c6ccc3[nH]6)C=C5)C=C4)cc2)c2ccc(OC)cc2)cc1. The molecule has 10 nitrogen and oxygen atoms in total. The van der Waals surface area contributed by atoms with Gasteiger partial charge in [0.05, 0.1) is 73.4 Å². The molecule has 0 saturated carbocycles. The second-order valence-corrected chi connectivity index (χ2v) is 23.1. The molecular formula is C82H68N6O4. The van der Waals surface area contributed by atoms with Crippen molar-refractivity contribution in [3.63, 3.8) is 0 Å². The molecule has 3 aromatic heterocycles. The van der Waals surface area contributed by atoms with Crippen LogP contribution < -0.4 is 28.7 Å². The molecule has 2 aliphatic rings. The molecule has 2 aliphatic heterocycles. The Labute approximate surface area is 537 Å². The number of methoxy groups -OCH3 is 4. The van der Waals surface area contributed by atoms with Crippen molar-refractivity contribution in [1.29, 1.82) is 0 Å². The van der Waals surface area contributed by atoms with E-state index in [2.05, 4.69) is 255 Å². The maximum Gasteiger partial charge on any atom is 0.119 e. The van der Waals surface area contributed by atoms with Crippen LogP contribution in [0, 0.1) is 65.2 Å². The first kappa shape index (κ1) is 59.3. The van der Waals surface area contributed by atoms with E-state index < -0.39 is 0 Å². The number of fused-ring (bicyclic) bond motifs is 8. The molecule has 92 heavy (non-hydrogen) atoms. The lowest BCUT2D eigenvalue weighted by Gasteiger charge is -2.25. The fourth-order valence-electron chi connectivity index (χ4n) is 12.6. The molecule has 0 aliphatic carbocycles. The maximum atomic E-state index is 5.58. The molecule has 2 N–H and O–H groups in total. The highest BCUT2D eigenvalue weighted by molar-refractivity contribution is 5.97. The van der Waals surface area contributed by atoms with Gasteiger partial charge in [-0.1, -0.05) is 59.1 Å². The summed E-state index contributed by atoms with van der Waals surface area (Å²) in [5.74, 6) is 17.6. The Bertz CT molecular complexity index is 4550. The Hall–Kier alpha value is -11.7. The second-order valence-electron chi connectivity index (χ2n) is 23.1. The summed E-state index contributed by atoms with van der Waals surface area (Å²) in [6.45, 7) is 13.0. The van der Waals surface area contributed by atoms with Crippen molar-refractivity contribution in [2.75, 3.05) is 38.2 Å². The van der Waals surface area contributed by atoms with Crippen molar-refractivity contribution >= 4 is 80.5 Å². The Kier molecular flexibility index (Phi) is 16.4. The zero-order valence-corrected chi connectivity index (χ0v) is 53.2. The van der Waals surface area contributed by atoms with Crippen molar-refractivity contribution in [3.8, 4) is 68.9 Å². The summed E-state index contributed by atoms with van der Waals surface area (Å²) in [5, 5.41) is 0. The van der Waals surface area contributed by atoms with Gasteiger partial charge in [-0.25, -0.2) is 9.97 Å². The zero-order valence-electron chi connectivity index (χ0n) is 53.2. The van der Waals surface area contributed by atoms with Crippen LogP contribution in [0.15, 0.2) is 194 Å². The number of hydrogen-bond donors (Lipinski definition) is 2. The topological polar surface area (TPSA) is 101 Å². The summed E-state index contributed by atoms with van der Waals surface area (Å²) >= 11 is 0. The molecule has 450 valence electrons. The van der Waals surface area contributed by atoms with Gasteiger partial charge in [0, 0.05) is 67.4 Å². The number of anilines is 6. The second kappa shape index (κ2) is 25.4. The van der Waals surface area contributed by atoms with Crippen LogP contribution in [-0.4, -0.2) is 48.4 Å². The van der Waals surface area contributed by atoms with E-state index in [4.69, 9.17) is 28.9 Å². The molecule has 11 aromatic rings. The minimum absolute atomic E-state index is 0.736. The number of aromatic nitrogens is 4. The standard InChI is InChI=1S/C82H68N6O4/c1-51-47-53(3)79(54(4)48-51)81-75-43-39-71(83-75)69(37-15-57-11-17-59(18-12-57)87(61-21-29-65(89-7)30-22-61)62-23-31-66(90-8)32-24-62)73-41-45-77(85-73)82(80-55(5)49-52(2)50-56(80)6)78-46-42-74(86-78)70(72-40-44-76(81)84-72)38-16-58-13-19-60(20-14-58)88(63-25-33-67(91-9)34-26-63)64-27-35-68(92-10)36-28-64/h11-14,17-36,39-50,83,86H,1-10H3. The van der Waals surface area contributed by atoms with E-state index in [-0.39, 0.29) is 0 Å². The largest absolute Gasteiger partial charge is 0.497 e. The molecule has 5 heterocycles. The van der Waals surface area contributed by atoms with Crippen molar-refractivity contribution < 1.29 is 18.9 Å². The van der Waals surface area contributed by atoms with E-state index in [1.54, 1.807) is 28.4 Å². The van der Waals surface area contributed by atoms with Crippen molar-refractivity contribution in [3.05, 3.63) is 273 Å². The van der Waals surface area contributed by atoms with E-state index in [0.717, 1.165) is 169 Å². The Morgan fingerprint density at radius 1 is 0.293 bits per heavy atom. The monoisotopic (exact) mass is 1200 g/mol. The van der Waals surface area contributed by atoms with Crippen LogP contribution >= 0.6 is 0 Å². The molecule has 0 unspecified atom stereocenters. The molecule has 0 saturated heterocycles. The van der Waals surface area contributed by atoms with Gasteiger partial charge < -0.3 is 38.7 Å². The van der Waals surface area contributed by atoms with Crippen molar-refractivity contribution in [2.45, 2.75) is 41.5 Å². The van der Waals surface area contributed by atoms with Crippen LogP contribution in [0.5, 0.6) is 23.0 Å². The van der Waals surface area contributed by atoms with Crippen LogP contribution in [0.3, 0.4) is 0 Å². The molecule has 0 fully saturated rings. The van der Waals surface area contributed by atoms with Gasteiger partial charge >= 0.3 is 0 Å². The predicted molar refractivity (Wildman–Crippen MR) is 379 cm³/mol. The highest BCUT2D eigenvalue weighted by Gasteiger charge is 2.22. The lowest BCUT2D eigenvalue weighted by molar-refractivity contribution is 0.414. The van der Waals surface area contributed by atoms with E-state index in [1.165, 1.54) is 11.1 Å². The predicted octanol–water partition coefficient (Wildman–Crippen LogP) is 19.6. The number of rotatable bonds is 12. The lowest BCUT2D eigenvalue weighted by atomic mass is 9.92. The number of H-pyrrole nitrogens is 2. The number of hydrogen-bond acceptors (Lipinski definition) is 8. The van der Waals surface area contributed by atoms with E-state index in [0.29, 0.717) is 0 Å². The van der Waals surface area contributed by atoms with Crippen LogP contribution in [0.2, 0.25) is 0 Å². The van der Waals surface area contributed by atoms with Crippen LogP contribution in [0.25, 0.3) is 68.6 Å². The average Bonchev–Trinajstić information content (AvgIpc) is 1.59. The molecule has 0 radical (unpaired) electrons. The van der Waals surface area contributed by atoms with Crippen LogP contribution in [-0.2, 0) is 0 Å². The van der Waals surface area contributed by atoms with Gasteiger partial charge in [-0.3, -0.25) is 0 Å². The normalized spacial score (nSPS) is 11.3. The summed E-state index contributed by atoms with van der Waals surface area (Å²) in [6.07, 6.45) is 8.43. The number of nitrogens with zero attached hydrogens (tertiary/aromatic N) is 4. The highest BCUT2D eigenvalue weighted by atomic mass is 16.5. The van der Waals surface area contributed by atoms with E-state index in [1.807, 2.05) is 48.5 Å².